The van der Waals surface area contributed by atoms with Crippen molar-refractivity contribution in [3.8, 4) is 44.5 Å². The highest BCUT2D eigenvalue weighted by Gasteiger charge is 2.20. The molecule has 0 aromatic heterocycles. The van der Waals surface area contributed by atoms with Crippen molar-refractivity contribution in [1.29, 1.82) is 0 Å². The molecule has 0 N–H and O–H groups in total. The Balaban J connectivity index is 0.000000145. The molecule has 0 aliphatic rings. The summed E-state index contributed by atoms with van der Waals surface area (Å²) >= 11 is 0. The van der Waals surface area contributed by atoms with E-state index >= 15 is 0 Å². The number of rotatable bonds is 10. The first-order chi connectivity index (χ1) is 46.6. The van der Waals surface area contributed by atoms with Crippen LogP contribution in [0, 0.1) is 0 Å². The van der Waals surface area contributed by atoms with Gasteiger partial charge >= 0.3 is 0 Å². The van der Waals surface area contributed by atoms with Gasteiger partial charge in [0.05, 0.1) is 5.69 Å². The van der Waals surface area contributed by atoms with Crippen molar-refractivity contribution in [1.82, 2.24) is 0 Å². The molecule has 2 nitrogen and oxygen atoms in total. The Morgan fingerprint density at radius 3 is 0.851 bits per heavy atom. The van der Waals surface area contributed by atoms with Crippen LogP contribution in [0.15, 0.2) is 376 Å². The van der Waals surface area contributed by atoms with Crippen LogP contribution in [0.25, 0.3) is 131 Å². The molecular weight excluding hydrogens is 1130 g/mol. The summed E-state index contributed by atoms with van der Waals surface area (Å²) in [6.07, 6.45) is 0. The molecule has 0 saturated heterocycles. The molecule has 18 aromatic carbocycles. The molecular formula is C92H62N2. The summed E-state index contributed by atoms with van der Waals surface area (Å²) in [5.41, 5.74) is 16.7. The summed E-state index contributed by atoms with van der Waals surface area (Å²) < 4.78 is 0. The Morgan fingerprint density at radius 1 is 0.149 bits per heavy atom. The summed E-state index contributed by atoms with van der Waals surface area (Å²) in [5, 5.41) is 20.1. The van der Waals surface area contributed by atoms with Gasteiger partial charge in [0.1, 0.15) is 0 Å². The molecule has 0 aliphatic carbocycles. The zero-order valence-electron chi connectivity index (χ0n) is 51.7. The molecule has 2 heteroatoms. The van der Waals surface area contributed by atoms with Crippen molar-refractivity contribution < 1.29 is 0 Å². The average Bonchev–Trinajstić information content (AvgIpc) is 0.778. The largest absolute Gasteiger partial charge is 0.310 e. The number of benzene rings is 18. The minimum absolute atomic E-state index is 1.11. The van der Waals surface area contributed by atoms with Crippen LogP contribution in [0.2, 0.25) is 0 Å². The third kappa shape index (κ3) is 10.3. The minimum Gasteiger partial charge on any atom is -0.310 e. The second-order valence-electron chi connectivity index (χ2n) is 24.3. The second-order valence-corrected chi connectivity index (χ2v) is 24.3. The van der Waals surface area contributed by atoms with E-state index in [2.05, 4.69) is 386 Å². The van der Waals surface area contributed by atoms with Crippen molar-refractivity contribution in [2.75, 3.05) is 9.80 Å². The van der Waals surface area contributed by atoms with Gasteiger partial charge in [-0.3, -0.25) is 0 Å². The Morgan fingerprint density at radius 2 is 0.436 bits per heavy atom. The highest BCUT2D eigenvalue weighted by atomic mass is 15.1. The monoisotopic (exact) mass is 1190 g/mol. The number of hydrogen-bond acceptors (Lipinski definition) is 2. The molecule has 0 saturated carbocycles. The van der Waals surface area contributed by atoms with Gasteiger partial charge in [-0.2, -0.15) is 0 Å². The molecule has 440 valence electrons. The van der Waals surface area contributed by atoms with Gasteiger partial charge in [-0.15, -0.1) is 0 Å². The summed E-state index contributed by atoms with van der Waals surface area (Å²) in [7, 11) is 0. The van der Waals surface area contributed by atoms with E-state index < -0.39 is 0 Å². The van der Waals surface area contributed by atoms with Gasteiger partial charge in [0.2, 0.25) is 0 Å². The van der Waals surface area contributed by atoms with E-state index in [9.17, 15) is 0 Å². The van der Waals surface area contributed by atoms with Gasteiger partial charge in [0.15, 0.2) is 0 Å². The zero-order chi connectivity index (χ0) is 62.3. The summed E-state index contributed by atoms with van der Waals surface area (Å²) in [4.78, 5) is 4.75. The van der Waals surface area contributed by atoms with Crippen LogP contribution >= 0.6 is 0 Å². The second kappa shape index (κ2) is 24.1. The molecule has 0 radical (unpaired) electrons. The van der Waals surface area contributed by atoms with Crippen LogP contribution in [0.1, 0.15) is 0 Å². The van der Waals surface area contributed by atoms with Crippen molar-refractivity contribution in [2.45, 2.75) is 0 Å². The van der Waals surface area contributed by atoms with E-state index in [0.29, 0.717) is 0 Å². The molecule has 0 atom stereocenters. The Bertz CT molecular complexity index is 5440. The lowest BCUT2D eigenvalue weighted by molar-refractivity contribution is 1.29. The van der Waals surface area contributed by atoms with Crippen molar-refractivity contribution in [3.05, 3.63) is 376 Å². The fourth-order valence-corrected chi connectivity index (χ4v) is 14.3. The fraction of sp³-hybridized carbons (Fsp3) is 0. The van der Waals surface area contributed by atoms with Gasteiger partial charge in [0, 0.05) is 33.8 Å². The van der Waals surface area contributed by atoms with E-state index in [1.807, 2.05) is 0 Å². The lowest BCUT2D eigenvalue weighted by atomic mass is 9.91. The summed E-state index contributed by atoms with van der Waals surface area (Å²) in [6, 6.07) is 137. The first kappa shape index (κ1) is 55.7. The average molecular weight is 1200 g/mol. The first-order valence-electron chi connectivity index (χ1n) is 32.4. The smallest absolute Gasteiger partial charge is 0.0540 e. The van der Waals surface area contributed by atoms with Crippen molar-refractivity contribution in [2.24, 2.45) is 0 Å². The third-order valence-corrected chi connectivity index (χ3v) is 18.8. The van der Waals surface area contributed by atoms with Crippen LogP contribution in [-0.4, -0.2) is 0 Å². The molecule has 0 bridgehead atoms. The van der Waals surface area contributed by atoms with Crippen molar-refractivity contribution in [3.63, 3.8) is 0 Å². The van der Waals surface area contributed by atoms with Crippen LogP contribution in [0.5, 0.6) is 0 Å². The summed E-state index contributed by atoms with van der Waals surface area (Å²) in [6.45, 7) is 0. The highest BCUT2D eigenvalue weighted by Crippen LogP contribution is 2.45. The lowest BCUT2D eigenvalue weighted by Gasteiger charge is -2.27. The van der Waals surface area contributed by atoms with Gasteiger partial charge in [-0.05, 0) is 204 Å². The SMILES string of the molecule is c1ccc2c(-c3ccc(N(c4ccc(-c5cccc6ccccc56)cc4)c4cccc5ccccc45)cc3)cccc2c1.c1ccc2cc(N(c3ccc(-c4c5ccccc5cc5ccccc45)cc3)c3ccc(-c4c5ccccc5cc5ccccc45)cc3)ccc2c1. The van der Waals surface area contributed by atoms with E-state index in [0.717, 1.165) is 34.1 Å². The maximum atomic E-state index is 2.38. The number of anilines is 6. The molecule has 18 rings (SSSR count). The normalized spacial score (nSPS) is 11.4. The Kier molecular flexibility index (Phi) is 14.3. The van der Waals surface area contributed by atoms with Crippen LogP contribution in [0.4, 0.5) is 34.1 Å². The molecule has 94 heavy (non-hydrogen) atoms. The standard InChI is InChI=1S/C50H33N.C42H29N/c1-2-12-37-33-44(30-21-34(37)11-1)51(42-26-22-35(23-27-42)49-45-17-7-3-13-38(45)31-39-14-4-8-18-46(39)49)43-28-24-36(25-29-43)50-47-19-9-5-15-40(47)32-41-16-6-10-20-48(41)50;1-4-16-37-30(10-1)13-7-19-39(37)33-22-26-35(27-23-33)43(42-21-9-15-32-12-3-6-18-41(32)42)36-28-24-34(25-29-36)40-20-8-14-31-11-2-5-17-38(31)40/h1-33H;1-29H. The predicted molar refractivity (Wildman–Crippen MR) is 404 cm³/mol. The van der Waals surface area contributed by atoms with Crippen molar-refractivity contribution >= 4 is 120 Å². The molecule has 0 amide bonds. The fourth-order valence-electron chi connectivity index (χ4n) is 14.3. The van der Waals surface area contributed by atoms with Gasteiger partial charge in [0.25, 0.3) is 0 Å². The maximum absolute atomic E-state index is 2.38. The lowest BCUT2D eigenvalue weighted by Crippen LogP contribution is -2.10. The highest BCUT2D eigenvalue weighted by molar-refractivity contribution is 6.14. The Labute approximate surface area is 547 Å². The van der Waals surface area contributed by atoms with E-state index in [-0.39, 0.29) is 0 Å². The topological polar surface area (TPSA) is 6.48 Å². The molecule has 0 fully saturated rings. The zero-order valence-corrected chi connectivity index (χ0v) is 51.7. The predicted octanol–water partition coefficient (Wildman–Crippen LogP) is 26.2. The Hall–Kier alpha value is -12.4. The molecule has 0 heterocycles. The minimum atomic E-state index is 1.11. The number of fused-ring (bicyclic) bond motifs is 8. The van der Waals surface area contributed by atoms with Crippen LogP contribution in [0.3, 0.4) is 0 Å². The van der Waals surface area contributed by atoms with Crippen LogP contribution < -0.4 is 9.80 Å². The summed E-state index contributed by atoms with van der Waals surface area (Å²) in [5.74, 6) is 0. The van der Waals surface area contributed by atoms with Gasteiger partial charge in [-0.1, -0.05) is 297 Å². The van der Waals surface area contributed by atoms with Gasteiger partial charge in [-0.25, -0.2) is 0 Å². The quantitative estimate of drug-likeness (QED) is 0.126. The van der Waals surface area contributed by atoms with Gasteiger partial charge < -0.3 is 9.80 Å². The van der Waals surface area contributed by atoms with E-state index in [4.69, 9.17) is 0 Å². The maximum Gasteiger partial charge on any atom is 0.0540 e. The van der Waals surface area contributed by atoms with E-state index in [1.165, 1.54) is 131 Å². The molecule has 0 spiro atoms. The number of nitrogens with zero attached hydrogens (tertiary/aromatic N) is 2. The molecule has 18 aromatic rings. The van der Waals surface area contributed by atoms with Crippen LogP contribution in [-0.2, 0) is 0 Å². The molecule has 0 unspecified atom stereocenters. The molecule has 0 aliphatic heterocycles. The number of hydrogen-bond donors (Lipinski definition) is 0. The van der Waals surface area contributed by atoms with E-state index in [1.54, 1.807) is 0 Å². The first-order valence-corrected chi connectivity index (χ1v) is 32.4. The third-order valence-electron chi connectivity index (χ3n) is 18.8.